The fourth-order valence-corrected chi connectivity index (χ4v) is 3.16. The Bertz CT molecular complexity index is 633. The molecule has 3 rings (SSSR count). The van der Waals surface area contributed by atoms with Crippen LogP contribution in [-0.2, 0) is 0 Å². The van der Waals surface area contributed by atoms with Crippen molar-refractivity contribution in [2.75, 3.05) is 0 Å². The van der Waals surface area contributed by atoms with Crippen molar-refractivity contribution in [3.8, 4) is 0 Å². The Hall–Kier alpha value is -1.42. The number of carbonyl (C=O) groups is 1. The van der Waals surface area contributed by atoms with Gasteiger partial charge in [-0.2, -0.15) is 5.10 Å². The van der Waals surface area contributed by atoms with Gasteiger partial charge in [-0.25, -0.2) is 0 Å². The highest BCUT2D eigenvalue weighted by molar-refractivity contribution is 9.10. The van der Waals surface area contributed by atoms with Crippen LogP contribution in [0.1, 0.15) is 48.3 Å². The first-order valence-electron chi connectivity index (χ1n) is 6.91. The highest BCUT2D eigenvalue weighted by Crippen LogP contribution is 2.49. The summed E-state index contributed by atoms with van der Waals surface area (Å²) in [6, 6.07) is 10.5. The molecule has 0 bridgehead atoms. The Labute approximate surface area is 127 Å². The van der Waals surface area contributed by atoms with Gasteiger partial charge in [-0.05, 0) is 47.7 Å². The number of carbonyl (C=O) groups excluding carboxylic acids is 1. The molecule has 0 spiro atoms. The number of nitrogens with zero attached hydrogens (tertiary/aromatic N) is 2. The molecule has 1 fully saturated rings. The third-order valence-electron chi connectivity index (χ3n) is 3.83. The third kappa shape index (κ3) is 2.33. The van der Waals surface area contributed by atoms with Crippen LogP contribution in [0.15, 0.2) is 41.0 Å². The molecule has 104 valence electrons. The second kappa shape index (κ2) is 5.17. The molecule has 1 aliphatic rings. The van der Waals surface area contributed by atoms with Crippen LogP contribution in [-0.4, -0.2) is 15.6 Å². The van der Waals surface area contributed by atoms with Crippen LogP contribution in [0.2, 0.25) is 0 Å². The molecular weight excluding hydrogens is 316 g/mol. The molecule has 0 aliphatic heterocycles. The van der Waals surface area contributed by atoms with Crippen LogP contribution in [0.4, 0.5) is 0 Å². The van der Waals surface area contributed by atoms with Gasteiger partial charge in [0, 0.05) is 12.0 Å². The summed E-state index contributed by atoms with van der Waals surface area (Å²) < 4.78 is 2.61. The minimum Gasteiger partial charge on any atom is -0.292 e. The zero-order valence-corrected chi connectivity index (χ0v) is 13.2. The summed E-state index contributed by atoms with van der Waals surface area (Å²) in [5, 5.41) is 4.29. The number of hydrogen-bond donors (Lipinski definition) is 0. The first kappa shape index (κ1) is 13.6. The minimum absolute atomic E-state index is 0.0999. The average molecular weight is 333 g/mol. The number of ketones is 1. The van der Waals surface area contributed by atoms with Crippen molar-refractivity contribution in [1.29, 1.82) is 0 Å². The predicted molar refractivity (Wildman–Crippen MR) is 81.9 cm³/mol. The second-order valence-corrected chi connectivity index (χ2v) is 6.46. The maximum atomic E-state index is 12.7. The van der Waals surface area contributed by atoms with Crippen molar-refractivity contribution in [2.24, 2.45) is 5.92 Å². The fraction of sp³-hybridized carbons (Fsp3) is 0.375. The maximum absolute atomic E-state index is 12.7. The first-order valence-corrected chi connectivity index (χ1v) is 7.71. The van der Waals surface area contributed by atoms with Crippen LogP contribution in [0.25, 0.3) is 0 Å². The smallest absolute Gasteiger partial charge is 0.185 e. The van der Waals surface area contributed by atoms with Gasteiger partial charge in [0.05, 0.1) is 10.7 Å². The summed E-state index contributed by atoms with van der Waals surface area (Å²) in [6.07, 6.45) is 2.66. The SMILES string of the molecule is CC(C)n1ncc(Br)c1C(=O)C1CC1c1ccccc1. The first-order chi connectivity index (χ1) is 9.59. The topological polar surface area (TPSA) is 34.9 Å². The quantitative estimate of drug-likeness (QED) is 0.786. The number of hydrogen-bond acceptors (Lipinski definition) is 2. The fourth-order valence-electron chi connectivity index (χ4n) is 2.69. The lowest BCUT2D eigenvalue weighted by Crippen LogP contribution is -2.15. The molecule has 1 aromatic heterocycles. The van der Waals surface area contributed by atoms with Gasteiger partial charge in [0.15, 0.2) is 5.78 Å². The van der Waals surface area contributed by atoms with Gasteiger partial charge in [-0.15, -0.1) is 0 Å². The van der Waals surface area contributed by atoms with Crippen molar-refractivity contribution >= 4 is 21.7 Å². The molecule has 3 nitrogen and oxygen atoms in total. The van der Waals surface area contributed by atoms with E-state index in [1.54, 1.807) is 6.20 Å². The molecular formula is C16H17BrN2O. The summed E-state index contributed by atoms with van der Waals surface area (Å²) in [5.41, 5.74) is 1.97. The Morgan fingerprint density at radius 2 is 2.05 bits per heavy atom. The molecule has 2 aromatic rings. The van der Waals surface area contributed by atoms with E-state index in [4.69, 9.17) is 0 Å². The summed E-state index contributed by atoms with van der Waals surface area (Å²) >= 11 is 3.45. The van der Waals surface area contributed by atoms with Gasteiger partial charge in [0.25, 0.3) is 0 Å². The molecule has 1 heterocycles. The third-order valence-corrected chi connectivity index (χ3v) is 4.41. The monoisotopic (exact) mass is 332 g/mol. The standard InChI is InChI=1S/C16H17BrN2O/c1-10(2)19-15(14(17)9-18-19)16(20)13-8-12(13)11-6-4-3-5-7-11/h3-7,9-10,12-13H,8H2,1-2H3. The summed E-state index contributed by atoms with van der Waals surface area (Å²) in [4.78, 5) is 12.7. The summed E-state index contributed by atoms with van der Waals surface area (Å²) in [6.45, 7) is 4.08. The van der Waals surface area contributed by atoms with E-state index in [0.717, 1.165) is 10.9 Å². The zero-order valence-electron chi connectivity index (χ0n) is 11.6. The van der Waals surface area contributed by atoms with E-state index >= 15 is 0 Å². The predicted octanol–water partition coefficient (Wildman–Crippen LogP) is 4.21. The van der Waals surface area contributed by atoms with Crippen LogP contribution in [0, 0.1) is 5.92 Å². The van der Waals surface area contributed by atoms with Crippen molar-refractivity contribution in [1.82, 2.24) is 9.78 Å². The molecule has 20 heavy (non-hydrogen) atoms. The molecule has 1 aliphatic carbocycles. The van der Waals surface area contributed by atoms with Gasteiger partial charge in [-0.1, -0.05) is 30.3 Å². The van der Waals surface area contributed by atoms with Gasteiger partial charge in [0.2, 0.25) is 0 Å². The van der Waals surface area contributed by atoms with E-state index in [9.17, 15) is 4.79 Å². The average Bonchev–Trinajstić information content (AvgIpc) is 3.15. The largest absolute Gasteiger partial charge is 0.292 e. The Kier molecular flexibility index (Phi) is 3.50. The highest BCUT2D eigenvalue weighted by atomic mass is 79.9. The van der Waals surface area contributed by atoms with E-state index in [1.807, 2.05) is 36.7 Å². The number of rotatable bonds is 4. The van der Waals surface area contributed by atoms with Crippen LogP contribution >= 0.6 is 15.9 Å². The van der Waals surface area contributed by atoms with Crippen molar-refractivity contribution < 1.29 is 4.79 Å². The molecule has 4 heteroatoms. The van der Waals surface area contributed by atoms with Gasteiger partial charge < -0.3 is 0 Å². The minimum atomic E-state index is 0.0999. The normalized spacial score (nSPS) is 21.2. The lowest BCUT2D eigenvalue weighted by molar-refractivity contribution is 0.0952. The van der Waals surface area contributed by atoms with Crippen molar-refractivity contribution in [3.63, 3.8) is 0 Å². The van der Waals surface area contributed by atoms with Gasteiger partial charge in [0.1, 0.15) is 5.69 Å². The van der Waals surface area contributed by atoms with E-state index in [0.29, 0.717) is 11.6 Å². The lowest BCUT2D eigenvalue weighted by atomic mass is 10.1. The zero-order chi connectivity index (χ0) is 14.3. The molecule has 1 saturated carbocycles. The Balaban J connectivity index is 1.84. The summed E-state index contributed by atoms with van der Waals surface area (Å²) in [5.74, 6) is 0.672. The number of aromatic nitrogens is 2. The Morgan fingerprint density at radius 3 is 2.70 bits per heavy atom. The van der Waals surface area contributed by atoms with Gasteiger partial charge in [-0.3, -0.25) is 9.48 Å². The molecule has 0 amide bonds. The summed E-state index contributed by atoms with van der Waals surface area (Å²) in [7, 11) is 0. The van der Waals surface area contributed by atoms with E-state index < -0.39 is 0 Å². The second-order valence-electron chi connectivity index (χ2n) is 5.60. The molecule has 2 unspecified atom stereocenters. The number of benzene rings is 1. The van der Waals surface area contributed by atoms with Crippen molar-refractivity contribution in [3.05, 3.63) is 52.3 Å². The maximum Gasteiger partial charge on any atom is 0.185 e. The molecule has 0 radical (unpaired) electrons. The molecule has 1 aromatic carbocycles. The number of halogens is 1. The van der Waals surface area contributed by atoms with E-state index in [2.05, 4.69) is 33.2 Å². The van der Waals surface area contributed by atoms with Gasteiger partial charge >= 0.3 is 0 Å². The lowest BCUT2D eigenvalue weighted by Gasteiger charge is -2.10. The molecule has 0 saturated heterocycles. The highest BCUT2D eigenvalue weighted by Gasteiger charge is 2.45. The van der Waals surface area contributed by atoms with Crippen LogP contribution < -0.4 is 0 Å². The van der Waals surface area contributed by atoms with Crippen LogP contribution in [0.3, 0.4) is 0 Å². The molecule has 0 N–H and O–H groups in total. The van der Waals surface area contributed by atoms with Crippen molar-refractivity contribution in [2.45, 2.75) is 32.2 Å². The molecule has 2 atom stereocenters. The Morgan fingerprint density at radius 1 is 1.35 bits per heavy atom. The van der Waals surface area contributed by atoms with E-state index in [-0.39, 0.29) is 17.7 Å². The van der Waals surface area contributed by atoms with Crippen LogP contribution in [0.5, 0.6) is 0 Å². The van der Waals surface area contributed by atoms with E-state index in [1.165, 1.54) is 5.56 Å². The number of Topliss-reactive ketones (excluding diaryl/α,β-unsaturated/α-hetero) is 1.